The quantitative estimate of drug-likeness (QED) is 0.454. The molecule has 51 valence electrons. The Hall–Kier alpha value is 0.140. The predicted octanol–water partition coefficient (Wildman–Crippen LogP) is 1.63. The van der Waals surface area contributed by atoms with E-state index in [9.17, 15) is 4.55 Å². The van der Waals surface area contributed by atoms with Gasteiger partial charge in [-0.2, -0.15) is 0 Å². The van der Waals surface area contributed by atoms with Crippen molar-refractivity contribution in [1.82, 2.24) is 0 Å². The van der Waals surface area contributed by atoms with Gasteiger partial charge in [-0.3, -0.25) is 0 Å². The maximum absolute atomic E-state index is 10.8. The Labute approximate surface area is 64.4 Å². The molecule has 0 saturated heterocycles. The molecule has 0 aromatic heterocycles. The van der Waals surface area contributed by atoms with Gasteiger partial charge in [0.05, 0.1) is 0 Å². The van der Waals surface area contributed by atoms with Crippen molar-refractivity contribution in [2.45, 2.75) is 4.58 Å². The third-order valence-corrected chi connectivity index (χ3v) is 2.84. The summed E-state index contributed by atoms with van der Waals surface area (Å²) in [6.07, 6.45) is 3.11. The summed E-state index contributed by atoms with van der Waals surface area (Å²) < 4.78 is 10.5. The zero-order chi connectivity index (χ0) is 7.28. The van der Waals surface area contributed by atoms with Gasteiger partial charge in [0.1, 0.15) is 5.75 Å². The first-order valence-corrected chi connectivity index (χ1v) is 4.34. The molecule has 0 aromatic rings. The van der Waals surface area contributed by atoms with E-state index in [0.717, 1.165) is 0 Å². The van der Waals surface area contributed by atoms with Crippen molar-refractivity contribution in [2.75, 3.05) is 5.75 Å². The molecule has 0 N–H and O–H groups in total. The van der Waals surface area contributed by atoms with Gasteiger partial charge in [0.15, 0.2) is 4.58 Å². The lowest BCUT2D eigenvalue weighted by molar-refractivity contribution is 0.599. The minimum Gasteiger partial charge on any atom is -0.615 e. The number of rotatable bonds is 4. The van der Waals surface area contributed by atoms with Gasteiger partial charge in [-0.05, 0) is 36.0 Å². The Morgan fingerprint density at radius 1 is 1.67 bits per heavy atom. The average molecular weight is 161 g/mol. The summed E-state index contributed by atoms with van der Waals surface area (Å²) in [6, 6.07) is 0. The van der Waals surface area contributed by atoms with Crippen molar-refractivity contribution in [3.05, 3.63) is 25.3 Å². The highest BCUT2D eigenvalue weighted by molar-refractivity contribution is 8.05. The Balaban J connectivity index is 3.56. The lowest BCUT2D eigenvalue weighted by Crippen LogP contribution is -2.14. The van der Waals surface area contributed by atoms with Crippen molar-refractivity contribution in [1.29, 1.82) is 0 Å². The van der Waals surface area contributed by atoms with Crippen LogP contribution in [0.3, 0.4) is 0 Å². The zero-order valence-corrected chi connectivity index (χ0v) is 6.71. The van der Waals surface area contributed by atoms with Crippen LogP contribution in [0.2, 0.25) is 0 Å². The molecule has 0 heterocycles. The van der Waals surface area contributed by atoms with Gasteiger partial charge >= 0.3 is 0 Å². The molecular weight excluding hydrogens is 152 g/mol. The van der Waals surface area contributed by atoms with Gasteiger partial charge in [-0.25, -0.2) is 0 Å². The predicted molar refractivity (Wildman–Crippen MR) is 44.8 cm³/mol. The van der Waals surface area contributed by atoms with Crippen LogP contribution in [0.1, 0.15) is 0 Å². The highest BCUT2D eigenvalue weighted by atomic mass is 32.2. The van der Waals surface area contributed by atoms with Crippen LogP contribution in [0, 0.1) is 0 Å². The maximum Gasteiger partial charge on any atom is 0.189 e. The fourth-order valence-electron chi connectivity index (χ4n) is 0.318. The van der Waals surface area contributed by atoms with Crippen LogP contribution in [0.25, 0.3) is 0 Å². The van der Waals surface area contributed by atoms with Gasteiger partial charge in [0, 0.05) is 0 Å². The van der Waals surface area contributed by atoms with Crippen LogP contribution in [-0.2, 0) is 11.2 Å². The summed E-state index contributed by atoms with van der Waals surface area (Å²) in [5.74, 6) is 0.459. The maximum atomic E-state index is 10.8. The summed E-state index contributed by atoms with van der Waals surface area (Å²) in [6.45, 7) is 6.88. The highest BCUT2D eigenvalue weighted by Gasteiger charge is 2.11. The molecule has 2 atom stereocenters. The van der Waals surface area contributed by atoms with Crippen molar-refractivity contribution in [2.24, 2.45) is 0 Å². The molecule has 1 radical (unpaired) electrons. The topological polar surface area (TPSA) is 23.1 Å². The molecule has 0 spiro atoms. The molecule has 0 aliphatic rings. The van der Waals surface area contributed by atoms with E-state index >= 15 is 0 Å². The molecule has 9 heavy (non-hydrogen) atoms. The summed E-state index contributed by atoms with van der Waals surface area (Å²) in [4.78, 5) is 0. The van der Waals surface area contributed by atoms with E-state index < -0.39 is 11.2 Å². The van der Waals surface area contributed by atoms with Crippen molar-refractivity contribution in [3.63, 3.8) is 0 Å². The van der Waals surface area contributed by atoms with Gasteiger partial charge in [-0.1, -0.05) is 13.2 Å². The summed E-state index contributed by atoms with van der Waals surface area (Å²) in [5, 5.41) is 0. The standard InChI is InChI=1S/C6H9OS2/c1-3-5-9(7)6(8)4-2/h3-4,6H,1-2,5H2. The molecule has 1 nitrogen and oxygen atoms in total. The van der Waals surface area contributed by atoms with Crippen LogP contribution in [-0.4, -0.2) is 14.9 Å². The molecule has 0 aliphatic carbocycles. The Morgan fingerprint density at radius 3 is 2.56 bits per heavy atom. The minimum absolute atomic E-state index is 0.331. The first-order chi connectivity index (χ1) is 4.22. The van der Waals surface area contributed by atoms with Crippen molar-refractivity contribution >= 4 is 23.8 Å². The molecule has 0 saturated carbocycles. The molecule has 0 amide bonds. The number of hydrogen-bond acceptors (Lipinski definition) is 1. The molecule has 0 bridgehead atoms. The lowest BCUT2D eigenvalue weighted by Gasteiger charge is -2.10. The molecule has 2 unspecified atom stereocenters. The van der Waals surface area contributed by atoms with Gasteiger partial charge < -0.3 is 4.55 Å². The fourth-order valence-corrected chi connectivity index (χ4v) is 1.19. The summed E-state index contributed by atoms with van der Waals surface area (Å²) >= 11 is 3.77. The first kappa shape index (κ1) is 9.14. The van der Waals surface area contributed by atoms with E-state index in [-0.39, 0.29) is 4.58 Å². The molecule has 0 aromatic carbocycles. The summed E-state index contributed by atoms with van der Waals surface area (Å²) in [7, 11) is 0. The van der Waals surface area contributed by atoms with Crippen LogP contribution in [0.4, 0.5) is 0 Å². The third kappa shape index (κ3) is 3.67. The van der Waals surface area contributed by atoms with E-state index in [1.807, 2.05) is 0 Å². The largest absolute Gasteiger partial charge is 0.615 e. The fraction of sp³-hybridized carbons (Fsp3) is 0.333. The van der Waals surface area contributed by atoms with Crippen LogP contribution in [0.5, 0.6) is 0 Å². The Kier molecular flexibility index (Phi) is 5.04. The third-order valence-electron chi connectivity index (χ3n) is 0.734. The van der Waals surface area contributed by atoms with E-state index in [1.54, 1.807) is 6.08 Å². The SMILES string of the molecule is C=CC[S+]([O-])C([S])C=C. The molecular formula is C6H9OS2. The molecule has 3 heteroatoms. The van der Waals surface area contributed by atoms with Crippen LogP contribution in [0.15, 0.2) is 25.3 Å². The second kappa shape index (κ2) is 4.97. The summed E-state index contributed by atoms with van der Waals surface area (Å²) in [5.41, 5.74) is 0. The monoisotopic (exact) mass is 161 g/mol. The molecule has 0 aliphatic heterocycles. The van der Waals surface area contributed by atoms with Gasteiger partial charge in [0.25, 0.3) is 0 Å². The average Bonchev–Trinajstić information content (AvgIpc) is 1.87. The van der Waals surface area contributed by atoms with Gasteiger partial charge in [0.2, 0.25) is 0 Å². The van der Waals surface area contributed by atoms with Crippen LogP contribution < -0.4 is 0 Å². The van der Waals surface area contributed by atoms with Crippen molar-refractivity contribution < 1.29 is 4.55 Å². The normalized spacial score (nSPS) is 16.2. The Morgan fingerprint density at radius 2 is 2.22 bits per heavy atom. The minimum atomic E-state index is -0.986. The van der Waals surface area contributed by atoms with E-state index in [0.29, 0.717) is 5.75 Å². The smallest absolute Gasteiger partial charge is 0.189 e. The van der Waals surface area contributed by atoms with E-state index in [2.05, 4.69) is 13.2 Å². The second-order valence-corrected chi connectivity index (χ2v) is 3.85. The van der Waals surface area contributed by atoms with Crippen LogP contribution >= 0.6 is 12.6 Å². The highest BCUT2D eigenvalue weighted by Crippen LogP contribution is 2.07. The van der Waals surface area contributed by atoms with E-state index in [4.69, 9.17) is 12.6 Å². The van der Waals surface area contributed by atoms with Crippen molar-refractivity contribution in [3.8, 4) is 0 Å². The number of hydrogen-bond donors (Lipinski definition) is 0. The second-order valence-electron chi connectivity index (χ2n) is 1.44. The first-order valence-electron chi connectivity index (χ1n) is 2.48. The molecule has 0 fully saturated rings. The lowest BCUT2D eigenvalue weighted by atomic mass is 10.7. The molecule has 0 rings (SSSR count). The zero-order valence-electron chi connectivity index (χ0n) is 5.08. The van der Waals surface area contributed by atoms with E-state index in [1.165, 1.54) is 6.08 Å². The van der Waals surface area contributed by atoms with Gasteiger partial charge in [-0.15, -0.1) is 0 Å². The Bertz CT molecular complexity index is 103.